The minimum absolute atomic E-state index is 0.0933. The van der Waals surface area contributed by atoms with Crippen LogP contribution in [0.3, 0.4) is 0 Å². The molecule has 0 N–H and O–H groups in total. The average molecular weight is 260 g/mol. The van der Waals surface area contributed by atoms with Crippen LogP contribution in [0.2, 0.25) is 5.02 Å². The first kappa shape index (κ1) is 12.3. The Kier molecular flexibility index (Phi) is 3.75. The molecule has 0 aliphatic carbocycles. The number of pyridine rings is 1. The van der Waals surface area contributed by atoms with E-state index in [9.17, 15) is 10.0 Å². The molecular formula is C14H10ClNO2. The van der Waals surface area contributed by atoms with Gasteiger partial charge in [-0.25, -0.2) is 0 Å². The van der Waals surface area contributed by atoms with Crippen LogP contribution in [0, 0.1) is 5.21 Å². The number of halogens is 1. The Hall–Kier alpha value is -2.13. The largest absolute Gasteiger partial charge is 0.618 e. The monoisotopic (exact) mass is 259 g/mol. The summed E-state index contributed by atoms with van der Waals surface area (Å²) in [5.41, 5.74) is 0.903. The Morgan fingerprint density at radius 2 is 2.06 bits per heavy atom. The summed E-state index contributed by atoms with van der Waals surface area (Å²) in [7, 11) is 0. The summed E-state index contributed by atoms with van der Waals surface area (Å²) in [5.74, 6) is -0.342. The number of aromatic nitrogens is 1. The molecule has 18 heavy (non-hydrogen) atoms. The summed E-state index contributed by atoms with van der Waals surface area (Å²) in [6, 6.07) is 11.8. The van der Waals surface area contributed by atoms with E-state index in [-0.39, 0.29) is 11.5 Å². The Balaban J connectivity index is 2.20. The predicted octanol–water partition coefficient (Wildman–Crippen LogP) is 2.87. The van der Waals surface area contributed by atoms with Gasteiger partial charge in [0.25, 0.3) is 11.5 Å². The van der Waals surface area contributed by atoms with Crippen LogP contribution in [-0.2, 0) is 0 Å². The number of nitrogens with zero attached hydrogens (tertiary/aromatic N) is 1. The molecule has 4 heteroatoms. The SMILES string of the molecule is O=C(/C=C/c1cccc(Cl)c1)c1cccc[n+]1[O-]. The van der Waals surface area contributed by atoms with Crippen LogP contribution in [0.5, 0.6) is 0 Å². The third-order valence-electron chi connectivity index (χ3n) is 2.35. The quantitative estimate of drug-likeness (QED) is 0.368. The highest BCUT2D eigenvalue weighted by Crippen LogP contribution is 2.12. The van der Waals surface area contributed by atoms with Gasteiger partial charge in [0.05, 0.1) is 0 Å². The number of allylic oxidation sites excluding steroid dienone is 1. The van der Waals surface area contributed by atoms with Crippen LogP contribution in [-0.4, -0.2) is 5.78 Å². The Morgan fingerprint density at radius 1 is 1.22 bits per heavy atom. The highest BCUT2D eigenvalue weighted by atomic mass is 35.5. The van der Waals surface area contributed by atoms with E-state index < -0.39 is 0 Å². The third-order valence-corrected chi connectivity index (χ3v) is 2.59. The summed E-state index contributed by atoms with van der Waals surface area (Å²) < 4.78 is 0.546. The first-order valence-electron chi connectivity index (χ1n) is 5.33. The van der Waals surface area contributed by atoms with Gasteiger partial charge in [-0.1, -0.05) is 29.8 Å². The molecule has 0 aliphatic rings. The number of carbonyl (C=O) groups excluding carboxylic acids is 1. The van der Waals surface area contributed by atoms with Gasteiger partial charge in [-0.05, 0) is 29.8 Å². The van der Waals surface area contributed by atoms with Crippen LogP contribution in [0.15, 0.2) is 54.7 Å². The van der Waals surface area contributed by atoms with E-state index in [4.69, 9.17) is 11.6 Å². The van der Waals surface area contributed by atoms with Crippen LogP contribution in [0.4, 0.5) is 0 Å². The van der Waals surface area contributed by atoms with Gasteiger partial charge in [0.2, 0.25) is 0 Å². The van der Waals surface area contributed by atoms with Crippen molar-refractivity contribution in [2.24, 2.45) is 0 Å². The van der Waals surface area contributed by atoms with E-state index >= 15 is 0 Å². The van der Waals surface area contributed by atoms with Crippen molar-refractivity contribution in [2.45, 2.75) is 0 Å². The van der Waals surface area contributed by atoms with Crippen LogP contribution >= 0.6 is 11.6 Å². The maximum atomic E-state index is 11.8. The molecule has 0 fully saturated rings. The molecule has 0 atom stereocenters. The van der Waals surface area contributed by atoms with Gasteiger partial charge in [0.1, 0.15) is 0 Å². The van der Waals surface area contributed by atoms with Crippen molar-refractivity contribution in [2.75, 3.05) is 0 Å². The number of benzene rings is 1. The number of ketones is 1. The standard InChI is InChI=1S/C14H10ClNO2/c15-12-5-3-4-11(10-12)7-8-14(17)13-6-1-2-9-16(13)18/h1-10H/b8-7+. The Morgan fingerprint density at radius 3 is 2.78 bits per heavy atom. The number of hydrogen-bond acceptors (Lipinski definition) is 2. The zero-order valence-corrected chi connectivity index (χ0v) is 10.2. The van der Waals surface area contributed by atoms with Gasteiger partial charge in [-0.2, -0.15) is 4.73 Å². The summed E-state index contributed by atoms with van der Waals surface area (Å²) >= 11 is 5.83. The number of hydrogen-bond donors (Lipinski definition) is 0. The lowest BCUT2D eigenvalue weighted by Gasteiger charge is -1.99. The second kappa shape index (κ2) is 5.47. The molecule has 2 aromatic rings. The maximum Gasteiger partial charge on any atom is 0.264 e. The van der Waals surface area contributed by atoms with Gasteiger partial charge < -0.3 is 5.21 Å². The van der Waals surface area contributed by atoms with E-state index in [0.717, 1.165) is 5.56 Å². The summed E-state index contributed by atoms with van der Waals surface area (Å²) in [5, 5.41) is 12.0. The first-order valence-corrected chi connectivity index (χ1v) is 5.71. The molecule has 0 saturated carbocycles. The molecule has 0 aliphatic heterocycles. The normalized spacial score (nSPS) is 10.7. The molecule has 0 saturated heterocycles. The van der Waals surface area contributed by atoms with Crippen molar-refractivity contribution in [3.63, 3.8) is 0 Å². The van der Waals surface area contributed by atoms with Crippen molar-refractivity contribution in [1.29, 1.82) is 0 Å². The molecule has 0 amide bonds. The average Bonchev–Trinajstić information content (AvgIpc) is 2.37. The fourth-order valence-corrected chi connectivity index (χ4v) is 1.69. The van der Waals surface area contributed by atoms with E-state index in [0.29, 0.717) is 9.75 Å². The number of carbonyl (C=O) groups is 1. The summed E-state index contributed by atoms with van der Waals surface area (Å²) in [6.07, 6.45) is 4.27. The lowest BCUT2D eigenvalue weighted by molar-refractivity contribution is -0.607. The van der Waals surface area contributed by atoms with E-state index in [1.54, 1.807) is 36.4 Å². The van der Waals surface area contributed by atoms with Gasteiger partial charge >= 0.3 is 0 Å². The maximum absolute atomic E-state index is 11.8. The minimum Gasteiger partial charge on any atom is -0.618 e. The second-order valence-corrected chi connectivity index (χ2v) is 4.10. The van der Waals surface area contributed by atoms with Gasteiger partial charge in [0.15, 0.2) is 6.20 Å². The molecule has 0 spiro atoms. The van der Waals surface area contributed by atoms with Gasteiger partial charge in [-0.15, -0.1) is 0 Å². The van der Waals surface area contributed by atoms with E-state index in [2.05, 4.69) is 0 Å². The van der Waals surface area contributed by atoms with Crippen molar-refractivity contribution in [3.05, 3.63) is 76.2 Å². The van der Waals surface area contributed by atoms with Crippen LogP contribution in [0.25, 0.3) is 6.08 Å². The highest BCUT2D eigenvalue weighted by molar-refractivity contribution is 6.30. The summed E-state index contributed by atoms with van der Waals surface area (Å²) in [4.78, 5) is 11.8. The predicted molar refractivity (Wildman–Crippen MR) is 70.2 cm³/mol. The fourth-order valence-electron chi connectivity index (χ4n) is 1.49. The molecule has 0 unspecified atom stereocenters. The Labute approximate surface area is 110 Å². The van der Waals surface area contributed by atoms with Crippen molar-refractivity contribution in [3.8, 4) is 0 Å². The van der Waals surface area contributed by atoms with Crippen molar-refractivity contribution in [1.82, 2.24) is 0 Å². The van der Waals surface area contributed by atoms with E-state index in [1.807, 2.05) is 6.07 Å². The topological polar surface area (TPSA) is 44.0 Å². The van der Waals surface area contributed by atoms with Crippen LogP contribution < -0.4 is 4.73 Å². The van der Waals surface area contributed by atoms with Gasteiger partial charge in [-0.3, -0.25) is 4.79 Å². The lowest BCUT2D eigenvalue weighted by Crippen LogP contribution is -2.33. The Bertz CT molecular complexity index is 608. The molecule has 1 heterocycles. The molecule has 0 bridgehead atoms. The molecular weight excluding hydrogens is 250 g/mol. The van der Waals surface area contributed by atoms with Crippen molar-refractivity contribution < 1.29 is 9.52 Å². The smallest absolute Gasteiger partial charge is 0.264 e. The van der Waals surface area contributed by atoms with Gasteiger partial charge in [0, 0.05) is 17.2 Å². The molecule has 1 aromatic heterocycles. The molecule has 1 aromatic carbocycles. The van der Waals surface area contributed by atoms with E-state index in [1.165, 1.54) is 18.3 Å². The van der Waals surface area contributed by atoms with Crippen molar-refractivity contribution >= 4 is 23.5 Å². The molecule has 2 rings (SSSR count). The second-order valence-electron chi connectivity index (χ2n) is 3.66. The highest BCUT2D eigenvalue weighted by Gasteiger charge is 2.10. The lowest BCUT2D eigenvalue weighted by atomic mass is 10.1. The number of rotatable bonds is 3. The molecule has 3 nitrogen and oxygen atoms in total. The first-order chi connectivity index (χ1) is 8.66. The third kappa shape index (κ3) is 2.96. The molecule has 90 valence electrons. The fraction of sp³-hybridized carbons (Fsp3) is 0. The summed E-state index contributed by atoms with van der Waals surface area (Å²) in [6.45, 7) is 0. The minimum atomic E-state index is -0.342. The van der Waals surface area contributed by atoms with Crippen LogP contribution in [0.1, 0.15) is 16.1 Å². The molecule has 0 radical (unpaired) electrons. The zero-order chi connectivity index (χ0) is 13.0. The zero-order valence-electron chi connectivity index (χ0n) is 9.42.